The number of rotatable bonds is 3. The molecular weight excluding hydrogens is 248 g/mol. The van der Waals surface area contributed by atoms with Gasteiger partial charge in [0.05, 0.1) is 25.6 Å². The van der Waals surface area contributed by atoms with E-state index in [2.05, 4.69) is 15.3 Å². The van der Waals surface area contributed by atoms with Crippen molar-refractivity contribution in [3.05, 3.63) is 12.4 Å². The molecule has 1 aliphatic rings. The molecule has 7 heteroatoms. The van der Waals surface area contributed by atoms with Crippen LogP contribution in [0.4, 0.5) is 10.6 Å². The number of carbonyl (C=O) groups excluding carboxylic acids is 1. The molecule has 1 aromatic heterocycles. The van der Waals surface area contributed by atoms with E-state index >= 15 is 0 Å². The second kappa shape index (κ2) is 6.89. The highest BCUT2D eigenvalue weighted by atomic mass is 16.5. The van der Waals surface area contributed by atoms with E-state index in [4.69, 9.17) is 9.47 Å². The van der Waals surface area contributed by atoms with Crippen LogP contribution in [0.15, 0.2) is 12.4 Å². The summed E-state index contributed by atoms with van der Waals surface area (Å²) in [6.07, 6.45) is 3.85. The monoisotopic (exact) mass is 266 g/mol. The highest BCUT2D eigenvalue weighted by Gasteiger charge is 2.16. The Morgan fingerprint density at radius 1 is 1.47 bits per heavy atom. The van der Waals surface area contributed by atoms with Gasteiger partial charge in [-0.15, -0.1) is 0 Å². The number of ether oxygens (including phenoxy) is 2. The van der Waals surface area contributed by atoms with E-state index in [0.29, 0.717) is 44.6 Å². The first kappa shape index (κ1) is 13.5. The molecule has 0 saturated carbocycles. The van der Waals surface area contributed by atoms with Gasteiger partial charge in [0.25, 0.3) is 0 Å². The number of nitrogens with one attached hydrogen (secondary N) is 1. The van der Waals surface area contributed by atoms with Crippen molar-refractivity contribution in [2.24, 2.45) is 0 Å². The van der Waals surface area contributed by atoms with E-state index in [1.54, 1.807) is 4.90 Å². The Morgan fingerprint density at radius 2 is 2.37 bits per heavy atom. The predicted molar refractivity (Wildman–Crippen MR) is 69.2 cm³/mol. The largest absolute Gasteiger partial charge is 0.477 e. The first-order valence-electron chi connectivity index (χ1n) is 6.38. The summed E-state index contributed by atoms with van der Waals surface area (Å²) in [5.74, 6) is 0.792. The lowest BCUT2D eigenvalue weighted by Gasteiger charge is -2.19. The fourth-order valence-electron chi connectivity index (χ4n) is 1.76. The van der Waals surface area contributed by atoms with Gasteiger partial charge in [-0.05, 0) is 13.3 Å². The number of aromatic nitrogens is 2. The summed E-state index contributed by atoms with van der Waals surface area (Å²) in [7, 11) is 0. The van der Waals surface area contributed by atoms with Crippen molar-refractivity contribution in [2.75, 3.05) is 38.2 Å². The summed E-state index contributed by atoms with van der Waals surface area (Å²) in [6.45, 7) is 4.91. The van der Waals surface area contributed by atoms with Gasteiger partial charge in [-0.25, -0.2) is 4.79 Å². The van der Waals surface area contributed by atoms with Gasteiger partial charge in [0.15, 0.2) is 5.82 Å². The average Bonchev–Trinajstić information content (AvgIpc) is 2.68. The third-order valence-corrected chi connectivity index (χ3v) is 2.65. The summed E-state index contributed by atoms with van der Waals surface area (Å²) in [4.78, 5) is 21.9. The van der Waals surface area contributed by atoms with Crippen molar-refractivity contribution in [2.45, 2.75) is 13.3 Å². The lowest BCUT2D eigenvalue weighted by Crippen LogP contribution is -2.36. The van der Waals surface area contributed by atoms with Crippen molar-refractivity contribution in [3.63, 3.8) is 0 Å². The van der Waals surface area contributed by atoms with Crippen LogP contribution in [0.25, 0.3) is 0 Å². The Labute approximate surface area is 111 Å². The number of urea groups is 1. The third kappa shape index (κ3) is 4.06. The van der Waals surface area contributed by atoms with Gasteiger partial charge in [0.2, 0.25) is 5.88 Å². The number of carbonyl (C=O) groups is 1. The second-order valence-electron chi connectivity index (χ2n) is 4.06. The molecule has 0 bridgehead atoms. The van der Waals surface area contributed by atoms with Crippen LogP contribution >= 0.6 is 0 Å². The molecule has 0 aromatic carbocycles. The van der Waals surface area contributed by atoms with Crippen molar-refractivity contribution < 1.29 is 14.3 Å². The smallest absolute Gasteiger partial charge is 0.323 e. The van der Waals surface area contributed by atoms with Crippen LogP contribution in [0.2, 0.25) is 0 Å². The van der Waals surface area contributed by atoms with Crippen molar-refractivity contribution in [3.8, 4) is 5.88 Å². The van der Waals surface area contributed by atoms with Crippen LogP contribution in [-0.4, -0.2) is 53.8 Å². The Kier molecular flexibility index (Phi) is 4.91. The minimum absolute atomic E-state index is 0.187. The van der Waals surface area contributed by atoms with E-state index < -0.39 is 0 Å². The molecule has 0 radical (unpaired) electrons. The molecule has 1 aromatic rings. The van der Waals surface area contributed by atoms with E-state index in [9.17, 15) is 4.79 Å². The number of hydrogen-bond acceptors (Lipinski definition) is 5. The van der Waals surface area contributed by atoms with E-state index in [-0.39, 0.29) is 6.03 Å². The quantitative estimate of drug-likeness (QED) is 0.887. The number of amides is 2. The molecule has 104 valence electrons. The first-order valence-corrected chi connectivity index (χ1v) is 6.38. The Hall–Kier alpha value is -1.89. The predicted octanol–water partition coefficient (Wildman–Crippen LogP) is 1.13. The zero-order valence-electron chi connectivity index (χ0n) is 11.0. The van der Waals surface area contributed by atoms with Gasteiger partial charge < -0.3 is 14.4 Å². The van der Waals surface area contributed by atoms with Crippen LogP contribution < -0.4 is 10.1 Å². The lowest BCUT2D eigenvalue weighted by atomic mass is 10.4. The van der Waals surface area contributed by atoms with Gasteiger partial charge in [0, 0.05) is 19.7 Å². The minimum Gasteiger partial charge on any atom is -0.477 e. The Morgan fingerprint density at radius 3 is 3.21 bits per heavy atom. The lowest BCUT2D eigenvalue weighted by molar-refractivity contribution is 0.144. The molecule has 0 unspecified atom stereocenters. The normalized spacial score (nSPS) is 15.7. The zero-order valence-corrected chi connectivity index (χ0v) is 11.0. The second-order valence-corrected chi connectivity index (χ2v) is 4.06. The maximum absolute atomic E-state index is 12.0. The van der Waals surface area contributed by atoms with Gasteiger partial charge in [0.1, 0.15) is 0 Å². The SMILES string of the molecule is CCOc1cncc(NC(=O)N2CCCOCC2)n1. The average molecular weight is 266 g/mol. The number of nitrogens with zero attached hydrogens (tertiary/aromatic N) is 3. The van der Waals surface area contributed by atoms with Gasteiger partial charge in [-0.3, -0.25) is 10.3 Å². The summed E-state index contributed by atoms with van der Waals surface area (Å²) in [5.41, 5.74) is 0. The summed E-state index contributed by atoms with van der Waals surface area (Å²) in [5, 5.41) is 2.72. The molecule has 2 rings (SSSR count). The highest BCUT2D eigenvalue weighted by molar-refractivity contribution is 5.88. The molecule has 1 N–H and O–H groups in total. The molecule has 19 heavy (non-hydrogen) atoms. The topological polar surface area (TPSA) is 76.6 Å². The molecular formula is C12H18N4O3. The highest BCUT2D eigenvalue weighted by Crippen LogP contribution is 2.10. The number of anilines is 1. The Bertz CT molecular complexity index is 419. The molecule has 7 nitrogen and oxygen atoms in total. The van der Waals surface area contributed by atoms with Gasteiger partial charge in [-0.2, -0.15) is 4.98 Å². The van der Waals surface area contributed by atoms with Crippen molar-refractivity contribution in [1.29, 1.82) is 0 Å². The first-order chi connectivity index (χ1) is 9.29. The van der Waals surface area contributed by atoms with Crippen LogP contribution in [0.5, 0.6) is 5.88 Å². The Balaban J connectivity index is 1.95. The molecule has 2 heterocycles. The van der Waals surface area contributed by atoms with E-state index in [0.717, 1.165) is 6.42 Å². The fraction of sp³-hybridized carbons (Fsp3) is 0.583. The molecule has 2 amide bonds. The molecule has 1 aliphatic heterocycles. The number of hydrogen-bond donors (Lipinski definition) is 1. The van der Waals surface area contributed by atoms with Crippen LogP contribution in [0, 0.1) is 0 Å². The maximum Gasteiger partial charge on any atom is 0.323 e. The summed E-state index contributed by atoms with van der Waals surface area (Å²) < 4.78 is 10.5. The fourth-order valence-corrected chi connectivity index (χ4v) is 1.76. The zero-order chi connectivity index (χ0) is 13.5. The van der Waals surface area contributed by atoms with Gasteiger partial charge in [-0.1, -0.05) is 0 Å². The molecule has 0 spiro atoms. The molecule has 1 fully saturated rings. The van der Waals surface area contributed by atoms with E-state index in [1.165, 1.54) is 12.4 Å². The van der Waals surface area contributed by atoms with Crippen molar-refractivity contribution in [1.82, 2.24) is 14.9 Å². The molecule has 1 saturated heterocycles. The maximum atomic E-state index is 12.0. The summed E-state index contributed by atoms with van der Waals surface area (Å²) in [6, 6.07) is -0.187. The van der Waals surface area contributed by atoms with Crippen LogP contribution in [0.3, 0.4) is 0 Å². The van der Waals surface area contributed by atoms with Crippen LogP contribution in [-0.2, 0) is 4.74 Å². The minimum atomic E-state index is -0.187. The van der Waals surface area contributed by atoms with Gasteiger partial charge >= 0.3 is 6.03 Å². The van der Waals surface area contributed by atoms with Crippen molar-refractivity contribution >= 4 is 11.8 Å². The van der Waals surface area contributed by atoms with E-state index in [1.807, 2.05) is 6.92 Å². The third-order valence-electron chi connectivity index (χ3n) is 2.65. The summed E-state index contributed by atoms with van der Waals surface area (Å²) >= 11 is 0. The van der Waals surface area contributed by atoms with Crippen LogP contribution in [0.1, 0.15) is 13.3 Å². The molecule has 0 aliphatic carbocycles. The molecule has 0 atom stereocenters. The standard InChI is InChI=1S/C12H18N4O3/c1-2-19-11-9-13-8-10(14-11)15-12(17)16-4-3-6-18-7-5-16/h8-9H,2-7H2,1H3,(H,14,15,17).